The fourth-order valence-electron chi connectivity index (χ4n) is 2.54. The van der Waals surface area contributed by atoms with Crippen LogP contribution in [0.4, 0.5) is 5.69 Å². The van der Waals surface area contributed by atoms with Crippen LogP contribution in [-0.2, 0) is 0 Å². The molecule has 0 spiro atoms. The van der Waals surface area contributed by atoms with Crippen LogP contribution in [0.2, 0.25) is 0 Å². The summed E-state index contributed by atoms with van der Waals surface area (Å²) in [7, 11) is 0. The SMILES string of the molecule is Nc1ccc(-n2cnc3ccccc32)c2cccnc12. The third-order valence-electron chi connectivity index (χ3n) is 3.49. The van der Waals surface area contributed by atoms with E-state index in [1.807, 2.05) is 48.8 Å². The lowest BCUT2D eigenvalue weighted by Crippen LogP contribution is -1.97. The number of hydrogen-bond acceptors (Lipinski definition) is 3. The van der Waals surface area contributed by atoms with E-state index in [0.717, 1.165) is 27.6 Å². The number of nitrogen functional groups attached to an aromatic ring is 1. The Morgan fingerprint density at radius 2 is 1.80 bits per heavy atom. The highest BCUT2D eigenvalue weighted by atomic mass is 15.0. The second-order valence-corrected chi connectivity index (χ2v) is 4.68. The van der Waals surface area contributed by atoms with Crippen molar-refractivity contribution >= 4 is 27.6 Å². The largest absolute Gasteiger partial charge is 0.397 e. The minimum atomic E-state index is 0.689. The van der Waals surface area contributed by atoms with E-state index >= 15 is 0 Å². The minimum absolute atomic E-state index is 0.689. The van der Waals surface area contributed by atoms with E-state index < -0.39 is 0 Å². The Morgan fingerprint density at radius 3 is 2.75 bits per heavy atom. The predicted octanol–water partition coefficient (Wildman–Crippen LogP) is 3.16. The highest BCUT2D eigenvalue weighted by Gasteiger charge is 2.09. The van der Waals surface area contributed by atoms with Gasteiger partial charge in [0.05, 0.1) is 27.9 Å². The molecule has 0 aliphatic heterocycles. The van der Waals surface area contributed by atoms with Crippen LogP contribution in [0.3, 0.4) is 0 Å². The van der Waals surface area contributed by atoms with Gasteiger partial charge in [-0.15, -0.1) is 0 Å². The third-order valence-corrected chi connectivity index (χ3v) is 3.49. The summed E-state index contributed by atoms with van der Waals surface area (Å²) in [5, 5.41) is 1.02. The molecule has 0 aliphatic carbocycles. The second kappa shape index (κ2) is 4.06. The van der Waals surface area contributed by atoms with Gasteiger partial charge in [-0.25, -0.2) is 4.98 Å². The molecule has 0 fully saturated rings. The maximum absolute atomic E-state index is 6.00. The van der Waals surface area contributed by atoms with Gasteiger partial charge >= 0.3 is 0 Å². The summed E-state index contributed by atoms with van der Waals surface area (Å²) in [5.74, 6) is 0. The molecule has 0 aliphatic rings. The van der Waals surface area contributed by atoms with E-state index in [-0.39, 0.29) is 0 Å². The number of fused-ring (bicyclic) bond motifs is 2. The number of anilines is 1. The Labute approximate surface area is 115 Å². The fourth-order valence-corrected chi connectivity index (χ4v) is 2.54. The summed E-state index contributed by atoms with van der Waals surface area (Å²) in [6.07, 6.45) is 3.59. The van der Waals surface area contributed by atoms with E-state index in [1.165, 1.54) is 0 Å². The van der Waals surface area contributed by atoms with Gasteiger partial charge < -0.3 is 5.73 Å². The number of aromatic nitrogens is 3. The molecule has 0 radical (unpaired) electrons. The van der Waals surface area contributed by atoms with Crippen LogP contribution >= 0.6 is 0 Å². The van der Waals surface area contributed by atoms with Gasteiger partial charge in [-0.1, -0.05) is 12.1 Å². The summed E-state index contributed by atoms with van der Waals surface area (Å²) in [5.41, 5.74) is 10.6. The molecular formula is C16H12N4. The van der Waals surface area contributed by atoms with Crippen LogP contribution in [0.5, 0.6) is 0 Å². The zero-order chi connectivity index (χ0) is 13.5. The van der Waals surface area contributed by atoms with Crippen LogP contribution in [0.15, 0.2) is 61.1 Å². The molecule has 4 rings (SSSR count). The number of para-hydroxylation sites is 2. The molecule has 2 heterocycles. The number of pyridine rings is 1. The average Bonchev–Trinajstić information content (AvgIpc) is 2.92. The van der Waals surface area contributed by atoms with E-state index in [2.05, 4.69) is 20.6 Å². The summed E-state index contributed by atoms with van der Waals surface area (Å²) >= 11 is 0. The molecule has 4 aromatic rings. The number of benzene rings is 2. The summed E-state index contributed by atoms with van der Waals surface area (Å²) < 4.78 is 2.07. The van der Waals surface area contributed by atoms with Gasteiger partial charge in [0.2, 0.25) is 0 Å². The molecule has 4 heteroatoms. The molecule has 2 N–H and O–H groups in total. The molecule has 0 saturated heterocycles. The van der Waals surface area contributed by atoms with Gasteiger partial charge in [0.25, 0.3) is 0 Å². The molecule has 0 amide bonds. The first-order valence-corrected chi connectivity index (χ1v) is 6.40. The van der Waals surface area contributed by atoms with Crippen LogP contribution in [-0.4, -0.2) is 14.5 Å². The fraction of sp³-hybridized carbons (Fsp3) is 0. The number of nitrogens with zero attached hydrogens (tertiary/aromatic N) is 3. The predicted molar refractivity (Wildman–Crippen MR) is 80.8 cm³/mol. The number of rotatable bonds is 1. The normalized spacial score (nSPS) is 11.2. The van der Waals surface area contributed by atoms with E-state index in [4.69, 9.17) is 5.73 Å². The molecule has 2 aromatic carbocycles. The lowest BCUT2D eigenvalue weighted by atomic mass is 10.1. The monoisotopic (exact) mass is 260 g/mol. The van der Waals surface area contributed by atoms with Crippen molar-refractivity contribution in [2.75, 3.05) is 5.73 Å². The molecule has 96 valence electrons. The topological polar surface area (TPSA) is 56.7 Å². The van der Waals surface area contributed by atoms with Crippen LogP contribution in [0, 0.1) is 0 Å². The van der Waals surface area contributed by atoms with Gasteiger partial charge in [-0.3, -0.25) is 9.55 Å². The molecule has 4 nitrogen and oxygen atoms in total. The Kier molecular flexibility index (Phi) is 2.23. The van der Waals surface area contributed by atoms with Crippen molar-refractivity contribution in [3.8, 4) is 5.69 Å². The van der Waals surface area contributed by atoms with Crippen molar-refractivity contribution in [1.82, 2.24) is 14.5 Å². The van der Waals surface area contributed by atoms with E-state index in [9.17, 15) is 0 Å². The average molecular weight is 260 g/mol. The third kappa shape index (κ3) is 1.48. The molecule has 0 saturated carbocycles. The smallest absolute Gasteiger partial charge is 0.100 e. The van der Waals surface area contributed by atoms with Gasteiger partial charge in [-0.05, 0) is 36.4 Å². The Balaban J connectivity index is 2.10. The molecule has 0 bridgehead atoms. The van der Waals surface area contributed by atoms with Gasteiger partial charge in [0.15, 0.2) is 0 Å². The molecular weight excluding hydrogens is 248 g/mol. The zero-order valence-electron chi connectivity index (χ0n) is 10.7. The number of nitrogens with two attached hydrogens (primary N) is 1. The van der Waals surface area contributed by atoms with Crippen molar-refractivity contribution in [3.63, 3.8) is 0 Å². The maximum Gasteiger partial charge on any atom is 0.100 e. The van der Waals surface area contributed by atoms with Crippen molar-refractivity contribution in [2.45, 2.75) is 0 Å². The van der Waals surface area contributed by atoms with Gasteiger partial charge in [0, 0.05) is 11.6 Å². The van der Waals surface area contributed by atoms with Crippen LogP contribution in [0.25, 0.3) is 27.6 Å². The van der Waals surface area contributed by atoms with Gasteiger partial charge in [-0.2, -0.15) is 0 Å². The Bertz CT molecular complexity index is 924. The van der Waals surface area contributed by atoms with E-state index in [1.54, 1.807) is 6.20 Å². The van der Waals surface area contributed by atoms with E-state index in [0.29, 0.717) is 5.69 Å². The first-order valence-electron chi connectivity index (χ1n) is 6.40. The second-order valence-electron chi connectivity index (χ2n) is 4.68. The molecule has 0 atom stereocenters. The first-order chi connectivity index (χ1) is 9.84. The molecule has 20 heavy (non-hydrogen) atoms. The number of hydrogen-bond donors (Lipinski definition) is 1. The highest BCUT2D eigenvalue weighted by Crippen LogP contribution is 2.27. The Hall–Kier alpha value is -2.88. The lowest BCUT2D eigenvalue weighted by Gasteiger charge is -2.09. The minimum Gasteiger partial charge on any atom is -0.397 e. The standard InChI is InChI=1S/C16H12N4/c17-12-7-8-14(11-4-3-9-18-16(11)12)20-10-19-13-5-1-2-6-15(13)20/h1-10H,17H2. The van der Waals surface area contributed by atoms with Crippen molar-refractivity contribution in [2.24, 2.45) is 0 Å². The van der Waals surface area contributed by atoms with Crippen LogP contribution in [0.1, 0.15) is 0 Å². The van der Waals surface area contributed by atoms with Crippen molar-refractivity contribution in [1.29, 1.82) is 0 Å². The quantitative estimate of drug-likeness (QED) is 0.535. The lowest BCUT2D eigenvalue weighted by molar-refractivity contribution is 1.10. The number of imidazole rings is 1. The summed E-state index contributed by atoms with van der Waals surface area (Å²) in [6.45, 7) is 0. The van der Waals surface area contributed by atoms with Crippen LogP contribution < -0.4 is 5.73 Å². The summed E-state index contributed by atoms with van der Waals surface area (Å²) in [4.78, 5) is 8.81. The zero-order valence-corrected chi connectivity index (χ0v) is 10.7. The summed E-state index contributed by atoms with van der Waals surface area (Å²) in [6, 6.07) is 15.9. The maximum atomic E-state index is 6.00. The Morgan fingerprint density at radius 1 is 0.900 bits per heavy atom. The van der Waals surface area contributed by atoms with Crippen molar-refractivity contribution < 1.29 is 0 Å². The van der Waals surface area contributed by atoms with Crippen molar-refractivity contribution in [3.05, 3.63) is 61.1 Å². The first kappa shape index (κ1) is 11.0. The molecule has 0 unspecified atom stereocenters. The van der Waals surface area contributed by atoms with Gasteiger partial charge in [0.1, 0.15) is 6.33 Å². The highest BCUT2D eigenvalue weighted by molar-refractivity contribution is 5.96. The molecule has 2 aromatic heterocycles.